The molecule has 1 aliphatic heterocycles. The van der Waals surface area contributed by atoms with Gasteiger partial charge < -0.3 is 0 Å². The maximum atomic E-state index is 2.32. The number of rotatable bonds is 2. The van der Waals surface area contributed by atoms with Crippen LogP contribution in [0.15, 0.2) is 0 Å². The maximum Gasteiger partial charge on any atom is 0.0750 e. The van der Waals surface area contributed by atoms with Crippen LogP contribution in [0.1, 0.15) is 20.8 Å². The second kappa shape index (κ2) is 2.39. The summed E-state index contributed by atoms with van der Waals surface area (Å²) in [6.45, 7) is 6.95. The molecule has 1 aliphatic rings. The van der Waals surface area contributed by atoms with Crippen LogP contribution in [-0.2, 0) is 0 Å². The molecule has 0 unspecified atom stereocenters. The Morgan fingerprint density at radius 3 is 2.00 bits per heavy atom. The van der Waals surface area contributed by atoms with E-state index in [0.717, 1.165) is 11.2 Å². The summed E-state index contributed by atoms with van der Waals surface area (Å²) in [6.07, 6.45) is 2.22. The molecule has 1 fully saturated rings. The standard InChI is InChI=1S/C7H14S2/c1-5(2)7(8-4)6(3)9-7/h5-6H,1-4H3/t6-,7+/m1/s1. The molecule has 1 rings (SSSR count). The third-order valence-corrected chi connectivity index (χ3v) is 6.06. The zero-order chi connectivity index (χ0) is 7.07. The minimum atomic E-state index is 0.583. The van der Waals surface area contributed by atoms with E-state index in [-0.39, 0.29) is 0 Å². The van der Waals surface area contributed by atoms with E-state index in [4.69, 9.17) is 0 Å². The summed E-state index contributed by atoms with van der Waals surface area (Å²) in [6, 6.07) is 0. The molecule has 2 atom stereocenters. The van der Waals surface area contributed by atoms with Gasteiger partial charge in [0.1, 0.15) is 0 Å². The quantitative estimate of drug-likeness (QED) is 0.573. The van der Waals surface area contributed by atoms with Gasteiger partial charge in [-0.15, -0.1) is 23.5 Å². The van der Waals surface area contributed by atoms with E-state index in [1.165, 1.54) is 0 Å². The summed E-state index contributed by atoms with van der Waals surface area (Å²) < 4.78 is 0.583. The van der Waals surface area contributed by atoms with E-state index in [0.29, 0.717) is 4.08 Å². The highest BCUT2D eigenvalue weighted by atomic mass is 32.2. The lowest BCUT2D eigenvalue weighted by atomic mass is 10.1. The SMILES string of the molecule is CS[C@@]1(C(C)C)S[C@@H]1C. The minimum absolute atomic E-state index is 0.583. The molecule has 0 spiro atoms. The number of thioether (sulfide) groups is 2. The molecule has 0 nitrogen and oxygen atoms in total. The molecule has 0 aromatic carbocycles. The van der Waals surface area contributed by atoms with Crippen molar-refractivity contribution in [1.82, 2.24) is 0 Å². The summed E-state index contributed by atoms with van der Waals surface area (Å²) in [4.78, 5) is 0. The lowest BCUT2D eigenvalue weighted by molar-refractivity contribution is 0.614. The molecule has 2 heteroatoms. The molecule has 0 aliphatic carbocycles. The summed E-state index contributed by atoms with van der Waals surface area (Å²) in [5.41, 5.74) is 0. The van der Waals surface area contributed by atoms with Gasteiger partial charge in [0.05, 0.1) is 4.08 Å². The third kappa shape index (κ3) is 1.12. The summed E-state index contributed by atoms with van der Waals surface area (Å²) in [5, 5.41) is 0.882. The second-order valence-electron chi connectivity index (χ2n) is 2.84. The van der Waals surface area contributed by atoms with Gasteiger partial charge in [-0.2, -0.15) is 0 Å². The molecule has 0 saturated carbocycles. The van der Waals surface area contributed by atoms with Crippen LogP contribution in [0.25, 0.3) is 0 Å². The maximum absolute atomic E-state index is 2.32. The first-order valence-corrected chi connectivity index (χ1v) is 5.47. The highest BCUT2D eigenvalue weighted by molar-refractivity contribution is 8.25. The monoisotopic (exact) mass is 162 g/mol. The fourth-order valence-electron chi connectivity index (χ4n) is 1.30. The van der Waals surface area contributed by atoms with Crippen molar-refractivity contribution in [2.24, 2.45) is 5.92 Å². The smallest absolute Gasteiger partial charge is 0.0750 e. The Kier molecular flexibility index (Phi) is 2.07. The van der Waals surface area contributed by atoms with Gasteiger partial charge in [0.2, 0.25) is 0 Å². The third-order valence-electron chi connectivity index (χ3n) is 1.99. The molecule has 0 aromatic heterocycles. The largest absolute Gasteiger partial charge is 0.146 e. The van der Waals surface area contributed by atoms with E-state index < -0.39 is 0 Å². The van der Waals surface area contributed by atoms with E-state index in [1.807, 2.05) is 11.8 Å². The zero-order valence-electron chi connectivity index (χ0n) is 6.47. The Labute approximate surface area is 66.2 Å². The molecule has 1 heterocycles. The zero-order valence-corrected chi connectivity index (χ0v) is 8.10. The van der Waals surface area contributed by atoms with Crippen LogP contribution >= 0.6 is 23.5 Å². The average molecular weight is 162 g/mol. The molecular weight excluding hydrogens is 148 g/mol. The van der Waals surface area contributed by atoms with Gasteiger partial charge in [-0.25, -0.2) is 0 Å². The van der Waals surface area contributed by atoms with Gasteiger partial charge in [0.25, 0.3) is 0 Å². The normalized spacial score (nSPS) is 41.7. The molecule has 0 amide bonds. The van der Waals surface area contributed by atoms with E-state index >= 15 is 0 Å². The van der Waals surface area contributed by atoms with Crippen LogP contribution in [0.4, 0.5) is 0 Å². The van der Waals surface area contributed by atoms with Crippen molar-refractivity contribution in [3.63, 3.8) is 0 Å². The Morgan fingerprint density at radius 1 is 1.56 bits per heavy atom. The molecule has 0 bridgehead atoms. The van der Waals surface area contributed by atoms with Gasteiger partial charge in [0, 0.05) is 5.25 Å². The number of hydrogen-bond acceptors (Lipinski definition) is 2. The van der Waals surface area contributed by atoms with E-state index in [2.05, 4.69) is 38.8 Å². The van der Waals surface area contributed by atoms with Crippen LogP contribution in [0.5, 0.6) is 0 Å². The van der Waals surface area contributed by atoms with Gasteiger partial charge in [-0.3, -0.25) is 0 Å². The van der Waals surface area contributed by atoms with Gasteiger partial charge in [-0.05, 0) is 12.2 Å². The fraction of sp³-hybridized carbons (Fsp3) is 1.00. The molecule has 0 radical (unpaired) electrons. The van der Waals surface area contributed by atoms with Gasteiger partial charge in [0.15, 0.2) is 0 Å². The van der Waals surface area contributed by atoms with Crippen LogP contribution in [0.3, 0.4) is 0 Å². The number of hydrogen-bond donors (Lipinski definition) is 0. The van der Waals surface area contributed by atoms with Crippen molar-refractivity contribution in [2.45, 2.75) is 30.1 Å². The predicted octanol–water partition coefficient (Wildman–Crippen LogP) is 2.84. The van der Waals surface area contributed by atoms with Crippen molar-refractivity contribution in [1.29, 1.82) is 0 Å². The van der Waals surface area contributed by atoms with E-state index in [1.54, 1.807) is 0 Å². The highest BCUT2D eigenvalue weighted by Crippen LogP contribution is 2.64. The van der Waals surface area contributed by atoms with Crippen molar-refractivity contribution in [3.8, 4) is 0 Å². The first-order valence-electron chi connectivity index (χ1n) is 3.36. The second-order valence-corrected chi connectivity index (χ2v) is 5.80. The first-order chi connectivity index (χ1) is 4.13. The van der Waals surface area contributed by atoms with Crippen LogP contribution in [0, 0.1) is 5.92 Å². The van der Waals surface area contributed by atoms with Gasteiger partial charge in [-0.1, -0.05) is 20.8 Å². The van der Waals surface area contributed by atoms with Crippen LogP contribution < -0.4 is 0 Å². The van der Waals surface area contributed by atoms with Crippen molar-refractivity contribution >= 4 is 23.5 Å². The topological polar surface area (TPSA) is 0 Å². The molecule has 0 aromatic rings. The minimum Gasteiger partial charge on any atom is -0.146 e. The summed E-state index contributed by atoms with van der Waals surface area (Å²) in [7, 11) is 0. The molecular formula is C7H14S2. The predicted molar refractivity (Wildman–Crippen MR) is 48.1 cm³/mol. The fourth-order valence-corrected chi connectivity index (χ4v) is 4.24. The Hall–Kier alpha value is 0.700. The Morgan fingerprint density at radius 2 is 2.00 bits per heavy atom. The lowest BCUT2D eigenvalue weighted by Gasteiger charge is -2.14. The van der Waals surface area contributed by atoms with E-state index in [9.17, 15) is 0 Å². The van der Waals surface area contributed by atoms with Crippen LogP contribution in [-0.4, -0.2) is 15.6 Å². The molecule has 9 heavy (non-hydrogen) atoms. The van der Waals surface area contributed by atoms with Gasteiger partial charge >= 0.3 is 0 Å². The van der Waals surface area contributed by atoms with Crippen molar-refractivity contribution < 1.29 is 0 Å². The molecule has 0 N–H and O–H groups in total. The molecule has 54 valence electrons. The average Bonchev–Trinajstić information content (AvgIpc) is 2.43. The molecule has 1 saturated heterocycles. The van der Waals surface area contributed by atoms with Crippen LogP contribution in [0.2, 0.25) is 0 Å². The lowest BCUT2D eigenvalue weighted by Crippen LogP contribution is -2.15. The Bertz CT molecular complexity index is 107. The van der Waals surface area contributed by atoms with Crippen molar-refractivity contribution in [2.75, 3.05) is 6.26 Å². The summed E-state index contributed by atoms with van der Waals surface area (Å²) >= 11 is 4.13. The first kappa shape index (κ1) is 7.80. The summed E-state index contributed by atoms with van der Waals surface area (Å²) in [5.74, 6) is 0.826. The van der Waals surface area contributed by atoms with Crippen molar-refractivity contribution in [3.05, 3.63) is 0 Å². The highest BCUT2D eigenvalue weighted by Gasteiger charge is 2.54. The Balaban J connectivity index is 2.52.